The van der Waals surface area contributed by atoms with E-state index in [1.807, 2.05) is 0 Å². The predicted molar refractivity (Wildman–Crippen MR) is 89.1 cm³/mol. The molecule has 0 atom stereocenters. The fourth-order valence-electron chi connectivity index (χ4n) is 2.88. The van der Waals surface area contributed by atoms with Crippen LogP contribution in [0.4, 0.5) is 0 Å². The molecule has 0 bridgehead atoms. The first-order valence-corrected chi connectivity index (χ1v) is 8.99. The molecule has 2 saturated carbocycles. The molecular formula is C17H31N3O3. The Balaban J connectivity index is 1.44. The van der Waals surface area contributed by atoms with Gasteiger partial charge in [0.2, 0.25) is 11.8 Å². The van der Waals surface area contributed by atoms with Gasteiger partial charge in [0.05, 0.1) is 19.2 Å². The maximum Gasteiger partial charge on any atom is 0.234 e. The van der Waals surface area contributed by atoms with Crippen LogP contribution in [-0.2, 0) is 14.3 Å². The molecule has 0 heterocycles. The van der Waals surface area contributed by atoms with E-state index in [9.17, 15) is 9.59 Å². The number of ether oxygens (including phenoxy) is 1. The van der Waals surface area contributed by atoms with Gasteiger partial charge >= 0.3 is 0 Å². The van der Waals surface area contributed by atoms with E-state index in [0.717, 1.165) is 19.3 Å². The monoisotopic (exact) mass is 325 g/mol. The lowest BCUT2D eigenvalue weighted by Gasteiger charge is -2.22. The van der Waals surface area contributed by atoms with Crippen LogP contribution in [0, 0.1) is 0 Å². The molecule has 2 rings (SSSR count). The van der Waals surface area contributed by atoms with Crippen LogP contribution in [0.15, 0.2) is 0 Å². The third-order valence-corrected chi connectivity index (χ3v) is 4.32. The maximum absolute atomic E-state index is 11.8. The standard InChI is InChI=1S/C17H31N3O3/c1-20(13-17(22)19-14-8-9-14)12-16(21)18-10-5-11-23-15-6-3-2-4-7-15/h14-15H,2-13H2,1H3,(H,18,21)(H,19,22). The summed E-state index contributed by atoms with van der Waals surface area (Å²) in [6, 6.07) is 0.369. The van der Waals surface area contributed by atoms with Gasteiger partial charge in [0.1, 0.15) is 0 Å². The molecule has 2 aliphatic carbocycles. The van der Waals surface area contributed by atoms with Crippen LogP contribution < -0.4 is 10.6 Å². The Morgan fingerprint density at radius 3 is 2.43 bits per heavy atom. The van der Waals surface area contributed by atoms with Gasteiger partial charge in [0.25, 0.3) is 0 Å². The van der Waals surface area contributed by atoms with Gasteiger partial charge in [-0.25, -0.2) is 0 Å². The fraction of sp³-hybridized carbons (Fsp3) is 0.882. The number of hydrogen-bond acceptors (Lipinski definition) is 4. The molecule has 0 unspecified atom stereocenters. The van der Waals surface area contributed by atoms with Gasteiger partial charge in [0, 0.05) is 19.2 Å². The van der Waals surface area contributed by atoms with Crippen LogP contribution in [0.1, 0.15) is 51.4 Å². The lowest BCUT2D eigenvalue weighted by molar-refractivity contribution is -0.124. The fourth-order valence-corrected chi connectivity index (χ4v) is 2.88. The number of rotatable bonds is 10. The molecule has 0 aromatic carbocycles. The van der Waals surface area contributed by atoms with Crippen molar-refractivity contribution in [1.29, 1.82) is 0 Å². The van der Waals surface area contributed by atoms with Gasteiger partial charge in [-0.1, -0.05) is 19.3 Å². The normalized spacial score (nSPS) is 18.9. The van der Waals surface area contributed by atoms with Crippen molar-refractivity contribution in [3.63, 3.8) is 0 Å². The summed E-state index contributed by atoms with van der Waals surface area (Å²) in [6.45, 7) is 1.87. The zero-order valence-corrected chi connectivity index (χ0v) is 14.3. The number of nitrogens with zero attached hydrogens (tertiary/aromatic N) is 1. The number of carbonyl (C=O) groups excluding carboxylic acids is 2. The molecule has 0 radical (unpaired) electrons. The second-order valence-electron chi connectivity index (χ2n) is 6.85. The Morgan fingerprint density at radius 1 is 1.04 bits per heavy atom. The first kappa shape index (κ1) is 18.2. The Kier molecular flexibility index (Phi) is 7.82. The molecule has 2 aliphatic rings. The molecule has 23 heavy (non-hydrogen) atoms. The summed E-state index contributed by atoms with van der Waals surface area (Å²) in [5.74, 6) is -0.0342. The largest absolute Gasteiger partial charge is 0.378 e. The van der Waals surface area contributed by atoms with E-state index in [1.165, 1.54) is 32.1 Å². The molecule has 2 amide bonds. The number of likely N-dealkylation sites (N-methyl/N-ethyl adjacent to an activating group) is 1. The molecule has 2 fully saturated rings. The quantitative estimate of drug-likeness (QED) is 0.589. The van der Waals surface area contributed by atoms with E-state index < -0.39 is 0 Å². The first-order valence-electron chi connectivity index (χ1n) is 8.99. The van der Waals surface area contributed by atoms with Crippen LogP contribution in [-0.4, -0.2) is 62.1 Å². The average molecular weight is 325 g/mol. The van der Waals surface area contributed by atoms with E-state index in [2.05, 4.69) is 10.6 Å². The van der Waals surface area contributed by atoms with Crippen LogP contribution in [0.5, 0.6) is 0 Å². The lowest BCUT2D eigenvalue weighted by atomic mass is 9.98. The molecule has 0 aromatic rings. The molecule has 6 nitrogen and oxygen atoms in total. The van der Waals surface area contributed by atoms with Crippen molar-refractivity contribution in [2.24, 2.45) is 0 Å². The first-order chi connectivity index (χ1) is 11.1. The molecule has 0 aromatic heterocycles. The molecule has 0 saturated heterocycles. The van der Waals surface area contributed by atoms with Crippen LogP contribution in [0.2, 0.25) is 0 Å². The summed E-state index contributed by atoms with van der Waals surface area (Å²) in [6.07, 6.45) is 9.69. The number of carbonyl (C=O) groups is 2. The minimum absolute atomic E-state index is 0.00341. The van der Waals surface area contributed by atoms with Gasteiger partial charge in [-0.05, 0) is 39.2 Å². The summed E-state index contributed by atoms with van der Waals surface area (Å²) in [4.78, 5) is 25.2. The summed E-state index contributed by atoms with van der Waals surface area (Å²) in [5, 5.41) is 5.81. The van der Waals surface area contributed by atoms with Crippen molar-refractivity contribution in [3.05, 3.63) is 0 Å². The van der Waals surface area contributed by atoms with Crippen LogP contribution in [0.3, 0.4) is 0 Å². The van der Waals surface area contributed by atoms with Crippen molar-refractivity contribution in [1.82, 2.24) is 15.5 Å². The topological polar surface area (TPSA) is 70.7 Å². The van der Waals surface area contributed by atoms with E-state index in [-0.39, 0.29) is 24.9 Å². The Labute approximate surface area is 139 Å². The smallest absolute Gasteiger partial charge is 0.234 e. The molecular weight excluding hydrogens is 294 g/mol. The Bertz CT molecular complexity index is 379. The third-order valence-electron chi connectivity index (χ3n) is 4.32. The van der Waals surface area contributed by atoms with Gasteiger partial charge in [-0.3, -0.25) is 14.5 Å². The van der Waals surface area contributed by atoms with Gasteiger partial charge in [0.15, 0.2) is 0 Å². The van der Waals surface area contributed by atoms with Crippen LogP contribution in [0.25, 0.3) is 0 Å². The second-order valence-corrected chi connectivity index (χ2v) is 6.85. The molecule has 132 valence electrons. The van der Waals surface area contributed by atoms with Gasteiger partial charge < -0.3 is 15.4 Å². The third kappa shape index (κ3) is 8.32. The van der Waals surface area contributed by atoms with Crippen LogP contribution >= 0.6 is 0 Å². The SMILES string of the molecule is CN(CC(=O)NCCCOC1CCCCC1)CC(=O)NC1CC1. The predicted octanol–water partition coefficient (Wildman–Crippen LogP) is 1.05. The maximum atomic E-state index is 11.8. The summed E-state index contributed by atoms with van der Waals surface area (Å²) in [7, 11) is 1.79. The van der Waals surface area contributed by atoms with Gasteiger partial charge in [-0.15, -0.1) is 0 Å². The zero-order valence-electron chi connectivity index (χ0n) is 14.3. The van der Waals surface area contributed by atoms with E-state index >= 15 is 0 Å². The highest BCUT2D eigenvalue weighted by atomic mass is 16.5. The average Bonchev–Trinajstić information content (AvgIpc) is 3.31. The molecule has 6 heteroatoms. The number of nitrogens with one attached hydrogen (secondary N) is 2. The van der Waals surface area contributed by atoms with E-state index in [4.69, 9.17) is 4.74 Å². The van der Waals surface area contributed by atoms with Crippen molar-refractivity contribution in [2.45, 2.75) is 63.5 Å². The van der Waals surface area contributed by atoms with Gasteiger partial charge in [-0.2, -0.15) is 0 Å². The van der Waals surface area contributed by atoms with Crippen molar-refractivity contribution >= 4 is 11.8 Å². The minimum atomic E-state index is -0.0376. The number of hydrogen-bond donors (Lipinski definition) is 2. The highest BCUT2D eigenvalue weighted by molar-refractivity contribution is 5.81. The second kappa shape index (κ2) is 9.88. The Morgan fingerprint density at radius 2 is 1.74 bits per heavy atom. The summed E-state index contributed by atoms with van der Waals surface area (Å²) >= 11 is 0. The Hall–Kier alpha value is -1.14. The zero-order chi connectivity index (χ0) is 16.5. The van der Waals surface area contributed by atoms with Crippen molar-refractivity contribution < 1.29 is 14.3 Å². The minimum Gasteiger partial charge on any atom is -0.378 e. The van der Waals surface area contributed by atoms with E-state index in [1.54, 1.807) is 11.9 Å². The van der Waals surface area contributed by atoms with Crippen molar-refractivity contribution in [2.75, 3.05) is 33.3 Å². The highest BCUT2D eigenvalue weighted by Gasteiger charge is 2.23. The number of amides is 2. The highest BCUT2D eigenvalue weighted by Crippen LogP contribution is 2.20. The van der Waals surface area contributed by atoms with E-state index in [0.29, 0.717) is 25.3 Å². The molecule has 0 spiro atoms. The summed E-state index contributed by atoms with van der Waals surface area (Å²) in [5.41, 5.74) is 0. The molecule has 0 aliphatic heterocycles. The summed E-state index contributed by atoms with van der Waals surface area (Å²) < 4.78 is 5.83. The lowest BCUT2D eigenvalue weighted by Crippen LogP contribution is -2.41. The van der Waals surface area contributed by atoms with Crippen molar-refractivity contribution in [3.8, 4) is 0 Å². The molecule has 2 N–H and O–H groups in total.